The normalized spacial score (nSPS) is 11.3. The van der Waals surface area contributed by atoms with Crippen LogP contribution in [0.4, 0.5) is 0 Å². The Kier molecular flexibility index (Phi) is 5.69. The van der Waals surface area contributed by atoms with Gasteiger partial charge in [0.25, 0.3) is 0 Å². The molecular formula is C33H20ClN3S. The molecule has 0 radical (unpaired) electrons. The molecule has 0 atom stereocenters. The lowest BCUT2D eigenvalue weighted by molar-refractivity contribution is 1.07. The molecule has 38 heavy (non-hydrogen) atoms. The molecule has 7 aromatic rings. The van der Waals surface area contributed by atoms with Crippen LogP contribution in [-0.2, 0) is 0 Å². The lowest BCUT2D eigenvalue weighted by Crippen LogP contribution is -2.00. The summed E-state index contributed by atoms with van der Waals surface area (Å²) in [5.41, 5.74) is 4.94. The van der Waals surface area contributed by atoms with Gasteiger partial charge in [-0.05, 0) is 41.5 Å². The van der Waals surface area contributed by atoms with E-state index in [-0.39, 0.29) is 0 Å². The van der Waals surface area contributed by atoms with Crippen molar-refractivity contribution in [3.05, 3.63) is 126 Å². The fourth-order valence-corrected chi connectivity index (χ4v) is 6.06. The summed E-state index contributed by atoms with van der Waals surface area (Å²) in [6.45, 7) is 0. The molecule has 0 aliphatic carbocycles. The average Bonchev–Trinajstić information content (AvgIpc) is 3.35. The maximum absolute atomic E-state index is 6.26. The number of aromatic nitrogens is 3. The Bertz CT molecular complexity index is 1950. The molecule has 5 heteroatoms. The van der Waals surface area contributed by atoms with Gasteiger partial charge in [0.05, 0.1) is 0 Å². The zero-order chi connectivity index (χ0) is 25.5. The van der Waals surface area contributed by atoms with Gasteiger partial charge in [-0.25, -0.2) is 15.0 Å². The predicted molar refractivity (Wildman–Crippen MR) is 159 cm³/mol. The number of hydrogen-bond donors (Lipinski definition) is 0. The summed E-state index contributed by atoms with van der Waals surface area (Å²) >= 11 is 8.05. The number of fused-ring (bicyclic) bond motifs is 3. The smallest absolute Gasteiger partial charge is 0.164 e. The topological polar surface area (TPSA) is 38.7 Å². The van der Waals surface area contributed by atoms with E-state index in [9.17, 15) is 0 Å². The monoisotopic (exact) mass is 525 g/mol. The van der Waals surface area contributed by atoms with E-state index in [1.807, 2.05) is 60.7 Å². The highest BCUT2D eigenvalue weighted by atomic mass is 35.5. The first-order valence-corrected chi connectivity index (χ1v) is 13.5. The van der Waals surface area contributed by atoms with E-state index in [1.165, 1.54) is 20.2 Å². The molecule has 0 aliphatic rings. The summed E-state index contributed by atoms with van der Waals surface area (Å²) in [7, 11) is 0. The third kappa shape index (κ3) is 4.24. The largest absolute Gasteiger partial charge is 0.208 e. The van der Waals surface area contributed by atoms with E-state index in [4.69, 9.17) is 26.6 Å². The standard InChI is InChI=1S/C33H20ClN3S/c34-26-13-7-11-23(19-26)22-10-6-12-24(18-22)32-35-31(21-8-2-1-3-9-21)36-33(37-32)25-16-17-28-27-14-4-5-15-29(27)38-30(28)20-25/h1-20H. The van der Waals surface area contributed by atoms with Gasteiger partial charge in [-0.15, -0.1) is 11.3 Å². The highest BCUT2D eigenvalue weighted by Crippen LogP contribution is 2.36. The van der Waals surface area contributed by atoms with Crippen LogP contribution in [0, 0.1) is 0 Å². The maximum atomic E-state index is 6.26. The van der Waals surface area contributed by atoms with Gasteiger partial charge in [0.1, 0.15) is 0 Å². The summed E-state index contributed by atoms with van der Waals surface area (Å²) < 4.78 is 2.49. The highest BCUT2D eigenvalue weighted by molar-refractivity contribution is 7.25. The Hall–Kier alpha value is -4.38. The zero-order valence-electron chi connectivity index (χ0n) is 20.2. The molecule has 2 aromatic heterocycles. The van der Waals surface area contributed by atoms with E-state index in [0.29, 0.717) is 22.5 Å². The van der Waals surface area contributed by atoms with E-state index in [0.717, 1.165) is 27.8 Å². The van der Waals surface area contributed by atoms with Crippen LogP contribution >= 0.6 is 22.9 Å². The minimum absolute atomic E-state index is 0.633. The SMILES string of the molecule is Clc1cccc(-c2cccc(-c3nc(-c4ccccc4)nc(-c4ccc5c(c4)sc4ccccc45)n3)c2)c1. The zero-order valence-corrected chi connectivity index (χ0v) is 21.7. The molecule has 0 unspecified atom stereocenters. The first kappa shape index (κ1) is 22.8. The minimum atomic E-state index is 0.633. The summed E-state index contributed by atoms with van der Waals surface area (Å²) in [5.74, 6) is 1.94. The molecular weight excluding hydrogens is 506 g/mol. The molecule has 5 aromatic carbocycles. The predicted octanol–water partition coefficient (Wildman–Crippen LogP) is 9.56. The van der Waals surface area contributed by atoms with Gasteiger partial charge >= 0.3 is 0 Å². The van der Waals surface area contributed by atoms with Crippen LogP contribution in [0.2, 0.25) is 5.02 Å². The van der Waals surface area contributed by atoms with Gasteiger partial charge in [-0.2, -0.15) is 0 Å². The number of nitrogens with zero attached hydrogens (tertiary/aromatic N) is 3. The van der Waals surface area contributed by atoms with Crippen LogP contribution in [-0.4, -0.2) is 15.0 Å². The van der Waals surface area contributed by atoms with Crippen LogP contribution in [0.1, 0.15) is 0 Å². The van der Waals surface area contributed by atoms with Crippen LogP contribution in [0.25, 0.3) is 65.5 Å². The Morgan fingerprint density at radius 2 is 1.00 bits per heavy atom. The molecule has 180 valence electrons. The number of thiophene rings is 1. The van der Waals surface area contributed by atoms with Crippen LogP contribution < -0.4 is 0 Å². The number of halogens is 1. The fourth-order valence-electron chi connectivity index (χ4n) is 4.72. The lowest BCUT2D eigenvalue weighted by Gasteiger charge is -2.10. The van der Waals surface area contributed by atoms with E-state index < -0.39 is 0 Å². The molecule has 0 amide bonds. The van der Waals surface area contributed by atoms with Crippen LogP contribution in [0.15, 0.2) is 121 Å². The summed E-state index contributed by atoms with van der Waals surface area (Å²) in [4.78, 5) is 14.8. The van der Waals surface area contributed by atoms with Crippen molar-refractivity contribution in [2.45, 2.75) is 0 Å². The third-order valence-corrected chi connectivity index (χ3v) is 7.95. The van der Waals surface area contributed by atoms with Gasteiger partial charge in [0.15, 0.2) is 17.5 Å². The summed E-state index contributed by atoms with van der Waals surface area (Å²) in [5, 5.41) is 3.23. The van der Waals surface area contributed by atoms with Crippen molar-refractivity contribution in [2.24, 2.45) is 0 Å². The van der Waals surface area contributed by atoms with Crippen molar-refractivity contribution in [2.75, 3.05) is 0 Å². The van der Waals surface area contributed by atoms with Crippen molar-refractivity contribution in [3.8, 4) is 45.3 Å². The number of benzene rings is 5. The van der Waals surface area contributed by atoms with Gasteiger partial charge in [0, 0.05) is 41.9 Å². The van der Waals surface area contributed by atoms with Crippen molar-refractivity contribution in [1.29, 1.82) is 0 Å². The first-order chi connectivity index (χ1) is 18.7. The molecule has 3 nitrogen and oxygen atoms in total. The molecule has 0 N–H and O–H groups in total. The van der Waals surface area contributed by atoms with Crippen molar-refractivity contribution in [3.63, 3.8) is 0 Å². The quantitative estimate of drug-likeness (QED) is 0.229. The lowest BCUT2D eigenvalue weighted by atomic mass is 10.0. The Labute approximate surface area is 229 Å². The van der Waals surface area contributed by atoms with E-state index >= 15 is 0 Å². The van der Waals surface area contributed by atoms with Crippen LogP contribution in [0.5, 0.6) is 0 Å². The molecule has 0 spiro atoms. The van der Waals surface area contributed by atoms with Gasteiger partial charge in [0.2, 0.25) is 0 Å². The fraction of sp³-hybridized carbons (Fsp3) is 0. The second kappa shape index (κ2) is 9.49. The number of rotatable bonds is 4. The van der Waals surface area contributed by atoms with Crippen molar-refractivity contribution in [1.82, 2.24) is 15.0 Å². The van der Waals surface area contributed by atoms with Crippen molar-refractivity contribution < 1.29 is 0 Å². The molecule has 0 bridgehead atoms. The van der Waals surface area contributed by atoms with E-state index in [1.54, 1.807) is 11.3 Å². The molecule has 0 fully saturated rings. The maximum Gasteiger partial charge on any atom is 0.164 e. The summed E-state index contributed by atoms with van der Waals surface area (Å²) in [6, 6.07) is 41.2. The molecule has 0 saturated carbocycles. The summed E-state index contributed by atoms with van der Waals surface area (Å²) in [6.07, 6.45) is 0. The second-order valence-corrected chi connectivity index (χ2v) is 10.6. The highest BCUT2D eigenvalue weighted by Gasteiger charge is 2.14. The number of hydrogen-bond acceptors (Lipinski definition) is 4. The molecule has 0 saturated heterocycles. The Morgan fingerprint density at radius 1 is 0.421 bits per heavy atom. The molecule has 0 aliphatic heterocycles. The van der Waals surface area contributed by atoms with E-state index in [2.05, 4.69) is 60.7 Å². The second-order valence-electron chi connectivity index (χ2n) is 9.07. The Balaban J connectivity index is 1.39. The molecule has 2 heterocycles. The minimum Gasteiger partial charge on any atom is -0.208 e. The first-order valence-electron chi connectivity index (χ1n) is 12.3. The molecule has 7 rings (SSSR count). The van der Waals surface area contributed by atoms with Gasteiger partial charge in [-0.1, -0.05) is 103 Å². The van der Waals surface area contributed by atoms with Crippen molar-refractivity contribution >= 4 is 43.1 Å². The third-order valence-electron chi connectivity index (χ3n) is 6.58. The van der Waals surface area contributed by atoms with Gasteiger partial charge in [-0.3, -0.25) is 0 Å². The average molecular weight is 526 g/mol. The Morgan fingerprint density at radius 3 is 1.79 bits per heavy atom. The van der Waals surface area contributed by atoms with Crippen LogP contribution in [0.3, 0.4) is 0 Å². The van der Waals surface area contributed by atoms with Gasteiger partial charge < -0.3 is 0 Å².